The fraction of sp³-hybridized carbons (Fsp3) is 1.00. The molecule has 2 rings (SSSR count). The Morgan fingerprint density at radius 3 is 2.50 bits per heavy atom. The van der Waals surface area contributed by atoms with Gasteiger partial charge in [0.1, 0.15) is 0 Å². The summed E-state index contributed by atoms with van der Waals surface area (Å²) in [6, 6.07) is 0. The maximum atomic E-state index is 5.79. The van der Waals surface area contributed by atoms with E-state index in [4.69, 9.17) is 4.74 Å². The predicted molar refractivity (Wildman–Crippen MR) is 66.7 cm³/mol. The van der Waals surface area contributed by atoms with Crippen LogP contribution in [0.25, 0.3) is 0 Å². The average Bonchev–Trinajstić information content (AvgIpc) is 2.66. The van der Waals surface area contributed by atoms with Gasteiger partial charge < -0.3 is 15.4 Å². The van der Waals surface area contributed by atoms with Crippen molar-refractivity contribution in [3.63, 3.8) is 0 Å². The molecule has 0 saturated carbocycles. The van der Waals surface area contributed by atoms with Crippen LogP contribution >= 0.6 is 0 Å². The molecule has 94 valence electrons. The van der Waals surface area contributed by atoms with E-state index in [0.29, 0.717) is 5.41 Å². The van der Waals surface area contributed by atoms with Crippen molar-refractivity contribution in [2.45, 2.75) is 45.1 Å². The highest BCUT2D eigenvalue weighted by molar-refractivity contribution is 4.86. The summed E-state index contributed by atoms with van der Waals surface area (Å²) in [4.78, 5) is 0. The van der Waals surface area contributed by atoms with Crippen molar-refractivity contribution in [3.05, 3.63) is 0 Å². The Hall–Kier alpha value is -0.120. The van der Waals surface area contributed by atoms with E-state index in [9.17, 15) is 0 Å². The standard InChI is InChI=1S/C13H26N2O/c1-12(5-7-14-8-6-12)10-15-11-13(2)4-3-9-16-13/h14-15H,3-11H2,1-2H3. The Bertz CT molecular complexity index is 218. The molecule has 1 unspecified atom stereocenters. The lowest BCUT2D eigenvalue weighted by atomic mass is 9.81. The highest BCUT2D eigenvalue weighted by Crippen LogP contribution is 2.28. The monoisotopic (exact) mass is 226 g/mol. The summed E-state index contributed by atoms with van der Waals surface area (Å²) in [6.45, 7) is 10.1. The minimum absolute atomic E-state index is 0.100. The van der Waals surface area contributed by atoms with Crippen LogP contribution in [0.3, 0.4) is 0 Å². The van der Waals surface area contributed by atoms with Gasteiger partial charge in [-0.15, -0.1) is 0 Å². The molecule has 1 atom stereocenters. The van der Waals surface area contributed by atoms with Crippen molar-refractivity contribution in [3.8, 4) is 0 Å². The van der Waals surface area contributed by atoms with E-state index >= 15 is 0 Å². The smallest absolute Gasteiger partial charge is 0.0779 e. The largest absolute Gasteiger partial charge is 0.374 e. The number of hydrogen-bond donors (Lipinski definition) is 2. The zero-order chi connectivity index (χ0) is 11.5. The second-order valence-electron chi connectivity index (χ2n) is 6.07. The number of piperidine rings is 1. The minimum atomic E-state index is 0.100. The number of nitrogens with one attached hydrogen (secondary N) is 2. The third-order valence-electron chi connectivity index (χ3n) is 4.16. The maximum absolute atomic E-state index is 5.79. The van der Waals surface area contributed by atoms with Gasteiger partial charge in [0.2, 0.25) is 0 Å². The van der Waals surface area contributed by atoms with Gasteiger partial charge in [0.15, 0.2) is 0 Å². The molecule has 0 bridgehead atoms. The first-order chi connectivity index (χ1) is 7.62. The fourth-order valence-electron chi connectivity index (χ4n) is 2.81. The lowest BCUT2D eigenvalue weighted by Crippen LogP contribution is -2.45. The van der Waals surface area contributed by atoms with Gasteiger partial charge in [-0.25, -0.2) is 0 Å². The topological polar surface area (TPSA) is 33.3 Å². The van der Waals surface area contributed by atoms with Gasteiger partial charge in [0.25, 0.3) is 0 Å². The second-order valence-corrected chi connectivity index (χ2v) is 6.07. The second kappa shape index (κ2) is 5.03. The quantitative estimate of drug-likeness (QED) is 0.763. The Morgan fingerprint density at radius 2 is 1.88 bits per heavy atom. The predicted octanol–water partition coefficient (Wildman–Crippen LogP) is 1.53. The van der Waals surface area contributed by atoms with E-state index in [1.807, 2.05) is 0 Å². The molecular formula is C13H26N2O. The summed E-state index contributed by atoms with van der Waals surface area (Å²) in [6.07, 6.45) is 5.01. The van der Waals surface area contributed by atoms with Gasteiger partial charge >= 0.3 is 0 Å². The van der Waals surface area contributed by atoms with Crippen LogP contribution in [-0.2, 0) is 4.74 Å². The molecule has 0 aromatic carbocycles. The molecule has 2 fully saturated rings. The molecule has 0 aliphatic carbocycles. The van der Waals surface area contributed by atoms with E-state index < -0.39 is 0 Å². The van der Waals surface area contributed by atoms with Crippen molar-refractivity contribution in [1.82, 2.24) is 10.6 Å². The van der Waals surface area contributed by atoms with Gasteiger partial charge in [-0.1, -0.05) is 6.92 Å². The third-order valence-corrected chi connectivity index (χ3v) is 4.16. The van der Waals surface area contributed by atoms with E-state index in [2.05, 4.69) is 24.5 Å². The maximum Gasteiger partial charge on any atom is 0.0779 e. The van der Waals surface area contributed by atoms with Crippen LogP contribution in [0.2, 0.25) is 0 Å². The molecule has 2 aliphatic heterocycles. The molecule has 0 amide bonds. The summed E-state index contributed by atoms with van der Waals surface area (Å²) in [5.41, 5.74) is 0.587. The van der Waals surface area contributed by atoms with E-state index in [0.717, 1.165) is 19.7 Å². The summed E-state index contributed by atoms with van der Waals surface area (Å²) in [5.74, 6) is 0. The van der Waals surface area contributed by atoms with Crippen LogP contribution in [0, 0.1) is 5.41 Å². The molecule has 3 heteroatoms. The Kier molecular flexibility index (Phi) is 3.88. The van der Waals surface area contributed by atoms with Crippen LogP contribution in [0.15, 0.2) is 0 Å². The lowest BCUT2D eigenvalue weighted by molar-refractivity contribution is 0.0183. The fourth-order valence-corrected chi connectivity index (χ4v) is 2.81. The van der Waals surface area contributed by atoms with Gasteiger partial charge in [0.05, 0.1) is 5.60 Å². The van der Waals surface area contributed by atoms with Crippen LogP contribution in [-0.4, -0.2) is 38.4 Å². The van der Waals surface area contributed by atoms with Crippen molar-refractivity contribution < 1.29 is 4.74 Å². The van der Waals surface area contributed by atoms with Gasteiger partial charge in [-0.2, -0.15) is 0 Å². The van der Waals surface area contributed by atoms with Crippen molar-refractivity contribution in [2.24, 2.45) is 5.41 Å². The minimum Gasteiger partial charge on any atom is -0.374 e. The molecule has 0 spiro atoms. The van der Waals surface area contributed by atoms with Crippen LogP contribution in [0.4, 0.5) is 0 Å². The van der Waals surface area contributed by atoms with Crippen LogP contribution in [0.1, 0.15) is 39.5 Å². The Labute approximate surface area is 99.3 Å². The van der Waals surface area contributed by atoms with Crippen molar-refractivity contribution >= 4 is 0 Å². The zero-order valence-corrected chi connectivity index (χ0v) is 10.8. The van der Waals surface area contributed by atoms with E-state index in [1.54, 1.807) is 0 Å². The molecule has 3 nitrogen and oxygen atoms in total. The normalized spacial score (nSPS) is 34.1. The SMILES string of the molecule is CC1(CNCC2(C)CCCO2)CCNCC1. The van der Waals surface area contributed by atoms with Crippen LogP contribution < -0.4 is 10.6 Å². The van der Waals surface area contributed by atoms with Crippen LogP contribution in [0.5, 0.6) is 0 Å². The lowest BCUT2D eigenvalue weighted by Gasteiger charge is -2.35. The molecular weight excluding hydrogens is 200 g/mol. The summed E-state index contributed by atoms with van der Waals surface area (Å²) in [7, 11) is 0. The Balaban J connectivity index is 1.70. The third kappa shape index (κ3) is 3.19. The first-order valence-corrected chi connectivity index (χ1v) is 6.67. The van der Waals surface area contributed by atoms with E-state index in [-0.39, 0.29) is 5.60 Å². The highest BCUT2D eigenvalue weighted by Gasteiger charge is 2.31. The molecule has 16 heavy (non-hydrogen) atoms. The number of ether oxygens (including phenoxy) is 1. The molecule has 0 aromatic rings. The Morgan fingerprint density at radius 1 is 1.12 bits per heavy atom. The zero-order valence-electron chi connectivity index (χ0n) is 10.8. The molecule has 0 radical (unpaired) electrons. The average molecular weight is 226 g/mol. The summed E-state index contributed by atoms with van der Waals surface area (Å²) in [5, 5.41) is 7.05. The summed E-state index contributed by atoms with van der Waals surface area (Å²) >= 11 is 0. The molecule has 2 N–H and O–H groups in total. The first kappa shape index (κ1) is 12.3. The van der Waals surface area contributed by atoms with Crippen molar-refractivity contribution in [2.75, 3.05) is 32.8 Å². The molecule has 0 aromatic heterocycles. The molecule has 2 aliphatic rings. The van der Waals surface area contributed by atoms with Crippen molar-refractivity contribution in [1.29, 1.82) is 0 Å². The first-order valence-electron chi connectivity index (χ1n) is 6.67. The van der Waals surface area contributed by atoms with Gasteiger partial charge in [-0.05, 0) is 51.1 Å². The summed E-state index contributed by atoms with van der Waals surface area (Å²) < 4.78 is 5.79. The van der Waals surface area contributed by atoms with Gasteiger partial charge in [0, 0.05) is 19.7 Å². The van der Waals surface area contributed by atoms with Gasteiger partial charge in [-0.3, -0.25) is 0 Å². The molecule has 2 heterocycles. The molecule has 2 saturated heterocycles. The number of hydrogen-bond acceptors (Lipinski definition) is 3. The number of rotatable bonds is 4. The highest BCUT2D eigenvalue weighted by atomic mass is 16.5. The van der Waals surface area contributed by atoms with E-state index in [1.165, 1.54) is 38.8 Å².